The summed E-state index contributed by atoms with van der Waals surface area (Å²) < 4.78 is 55.1. The van der Waals surface area contributed by atoms with E-state index in [2.05, 4.69) is 15.5 Å². The summed E-state index contributed by atoms with van der Waals surface area (Å²) >= 11 is 5.30. The van der Waals surface area contributed by atoms with Crippen molar-refractivity contribution in [3.8, 4) is 0 Å². The number of aromatic nitrogens is 3. The average Bonchev–Trinajstić information content (AvgIpc) is 2.92. The van der Waals surface area contributed by atoms with Crippen molar-refractivity contribution in [2.24, 2.45) is 5.10 Å². The standard InChI is InChI=1S/C18H15F4N5S/c1-12-25-26(11-23-16-5-3-2-4-15(16)18(20,21)22)17(28)27(12)24-10-13-6-8-14(19)9-7-13/h2-10,23H,11H2,1H3/b24-10+. The van der Waals surface area contributed by atoms with Gasteiger partial charge in [0, 0.05) is 5.69 Å². The molecule has 28 heavy (non-hydrogen) atoms. The Morgan fingerprint density at radius 1 is 1.14 bits per heavy atom. The van der Waals surface area contributed by atoms with Crippen LogP contribution in [0.1, 0.15) is 17.0 Å². The molecule has 5 nitrogen and oxygen atoms in total. The van der Waals surface area contributed by atoms with E-state index < -0.39 is 11.7 Å². The summed E-state index contributed by atoms with van der Waals surface area (Å²) in [6, 6.07) is 10.9. The van der Waals surface area contributed by atoms with Gasteiger partial charge in [0.2, 0.25) is 4.77 Å². The molecule has 0 fully saturated rings. The van der Waals surface area contributed by atoms with Gasteiger partial charge in [-0.15, -0.1) is 0 Å². The molecule has 1 aromatic heterocycles. The summed E-state index contributed by atoms with van der Waals surface area (Å²) in [6.07, 6.45) is -2.99. The molecule has 0 aliphatic rings. The summed E-state index contributed by atoms with van der Waals surface area (Å²) in [4.78, 5) is 0. The number of halogens is 4. The zero-order valence-corrected chi connectivity index (χ0v) is 15.4. The molecule has 0 aliphatic heterocycles. The molecule has 0 aliphatic carbocycles. The van der Waals surface area contributed by atoms with E-state index in [-0.39, 0.29) is 22.9 Å². The summed E-state index contributed by atoms with van der Waals surface area (Å²) in [5.74, 6) is 0.0947. The smallest absolute Gasteiger partial charge is 0.366 e. The SMILES string of the molecule is Cc1nn(CNc2ccccc2C(F)(F)F)c(=S)n1/N=C/c1ccc(F)cc1. The molecule has 0 unspecified atom stereocenters. The second-order valence-electron chi connectivity index (χ2n) is 5.82. The number of nitrogens with zero attached hydrogens (tertiary/aromatic N) is 4. The number of anilines is 1. The monoisotopic (exact) mass is 409 g/mol. The van der Waals surface area contributed by atoms with Crippen molar-refractivity contribution < 1.29 is 17.6 Å². The van der Waals surface area contributed by atoms with E-state index in [1.807, 2.05) is 0 Å². The number of nitrogens with one attached hydrogen (secondary N) is 1. The Morgan fingerprint density at radius 3 is 2.50 bits per heavy atom. The fourth-order valence-electron chi connectivity index (χ4n) is 2.46. The maximum Gasteiger partial charge on any atom is 0.418 e. The number of aryl methyl sites for hydroxylation is 1. The number of hydrogen-bond acceptors (Lipinski definition) is 4. The third-order valence-electron chi connectivity index (χ3n) is 3.82. The van der Waals surface area contributed by atoms with E-state index in [1.54, 1.807) is 19.1 Å². The zero-order valence-electron chi connectivity index (χ0n) is 14.6. The van der Waals surface area contributed by atoms with Gasteiger partial charge in [0.25, 0.3) is 0 Å². The van der Waals surface area contributed by atoms with E-state index in [4.69, 9.17) is 12.2 Å². The van der Waals surface area contributed by atoms with Gasteiger partial charge in [0.05, 0.1) is 11.8 Å². The van der Waals surface area contributed by atoms with Crippen molar-refractivity contribution in [1.29, 1.82) is 0 Å². The van der Waals surface area contributed by atoms with Crippen LogP contribution in [0.25, 0.3) is 0 Å². The summed E-state index contributed by atoms with van der Waals surface area (Å²) in [7, 11) is 0. The van der Waals surface area contributed by atoms with Crippen LogP contribution in [0.4, 0.5) is 23.2 Å². The van der Waals surface area contributed by atoms with Crippen molar-refractivity contribution in [3.63, 3.8) is 0 Å². The van der Waals surface area contributed by atoms with Gasteiger partial charge >= 0.3 is 6.18 Å². The first-order chi connectivity index (χ1) is 13.3. The highest BCUT2D eigenvalue weighted by Crippen LogP contribution is 2.34. The van der Waals surface area contributed by atoms with E-state index in [0.29, 0.717) is 11.4 Å². The van der Waals surface area contributed by atoms with Crippen LogP contribution < -0.4 is 5.32 Å². The van der Waals surface area contributed by atoms with Gasteiger partial charge in [0.1, 0.15) is 12.5 Å². The summed E-state index contributed by atoms with van der Waals surface area (Å²) in [6.45, 7) is 1.60. The van der Waals surface area contributed by atoms with Gasteiger partial charge in [0.15, 0.2) is 5.82 Å². The highest BCUT2D eigenvalue weighted by atomic mass is 32.1. The van der Waals surface area contributed by atoms with Gasteiger partial charge in [-0.25, -0.2) is 9.07 Å². The summed E-state index contributed by atoms with van der Waals surface area (Å²) in [5, 5.41) is 11.1. The summed E-state index contributed by atoms with van der Waals surface area (Å²) in [5.41, 5.74) is -0.182. The van der Waals surface area contributed by atoms with Gasteiger partial charge in [-0.05, 0) is 49.0 Å². The van der Waals surface area contributed by atoms with Crippen LogP contribution in [-0.4, -0.2) is 20.7 Å². The lowest BCUT2D eigenvalue weighted by Crippen LogP contribution is -2.14. The van der Waals surface area contributed by atoms with Crippen molar-refractivity contribution in [2.45, 2.75) is 19.8 Å². The molecular weight excluding hydrogens is 394 g/mol. The Hall–Kier alpha value is -3.01. The molecule has 0 atom stereocenters. The first-order valence-corrected chi connectivity index (χ1v) is 8.53. The molecular formula is C18H15F4N5S. The molecule has 0 radical (unpaired) electrons. The van der Waals surface area contributed by atoms with Crippen molar-refractivity contribution >= 4 is 24.1 Å². The van der Waals surface area contributed by atoms with Crippen LogP contribution in [0.3, 0.4) is 0 Å². The predicted octanol–water partition coefficient (Wildman–Crippen LogP) is 4.83. The Balaban J connectivity index is 1.80. The molecule has 0 amide bonds. The first kappa shape index (κ1) is 19.7. The number of para-hydroxylation sites is 1. The molecule has 0 spiro atoms. The van der Waals surface area contributed by atoms with E-state index in [1.165, 1.54) is 45.9 Å². The largest absolute Gasteiger partial charge is 0.418 e. The Bertz CT molecular complexity index is 1050. The third-order valence-corrected chi connectivity index (χ3v) is 4.20. The van der Waals surface area contributed by atoms with Crippen LogP contribution >= 0.6 is 12.2 Å². The van der Waals surface area contributed by atoms with Crippen molar-refractivity contribution in [2.75, 3.05) is 5.32 Å². The van der Waals surface area contributed by atoms with E-state index in [9.17, 15) is 17.6 Å². The number of benzene rings is 2. The van der Waals surface area contributed by atoms with Crippen LogP contribution in [0.2, 0.25) is 0 Å². The molecule has 10 heteroatoms. The lowest BCUT2D eigenvalue weighted by Gasteiger charge is -2.14. The average molecular weight is 409 g/mol. The molecule has 1 N–H and O–H groups in total. The minimum absolute atomic E-state index is 0.0637. The molecule has 0 bridgehead atoms. The van der Waals surface area contributed by atoms with Gasteiger partial charge in [-0.1, -0.05) is 24.3 Å². The molecule has 1 heterocycles. The molecule has 146 valence electrons. The molecule has 0 saturated carbocycles. The van der Waals surface area contributed by atoms with Crippen LogP contribution in [-0.2, 0) is 12.8 Å². The van der Waals surface area contributed by atoms with Crippen LogP contribution in [0, 0.1) is 17.5 Å². The Labute approximate surface area is 162 Å². The minimum Gasteiger partial charge on any atom is -0.366 e. The number of rotatable bonds is 5. The minimum atomic E-state index is -4.47. The third kappa shape index (κ3) is 4.45. The highest BCUT2D eigenvalue weighted by Gasteiger charge is 2.33. The zero-order chi connectivity index (χ0) is 20.3. The Morgan fingerprint density at radius 2 is 1.82 bits per heavy atom. The normalized spacial score (nSPS) is 11.9. The molecule has 3 rings (SSSR count). The number of alkyl halides is 3. The fraction of sp³-hybridized carbons (Fsp3) is 0.167. The lowest BCUT2D eigenvalue weighted by atomic mass is 10.2. The topological polar surface area (TPSA) is 47.1 Å². The first-order valence-electron chi connectivity index (χ1n) is 8.12. The maximum absolute atomic E-state index is 13.1. The van der Waals surface area contributed by atoms with E-state index >= 15 is 0 Å². The Kier molecular flexibility index (Phi) is 5.59. The molecule has 2 aromatic carbocycles. The predicted molar refractivity (Wildman–Crippen MR) is 100 cm³/mol. The molecule has 3 aromatic rings. The van der Waals surface area contributed by atoms with Crippen molar-refractivity contribution in [1.82, 2.24) is 14.5 Å². The van der Waals surface area contributed by atoms with Gasteiger partial charge in [-0.2, -0.15) is 28.0 Å². The second kappa shape index (κ2) is 7.93. The molecule has 0 saturated heterocycles. The maximum atomic E-state index is 13.1. The van der Waals surface area contributed by atoms with E-state index in [0.717, 1.165) is 6.07 Å². The van der Waals surface area contributed by atoms with Gasteiger partial charge < -0.3 is 5.32 Å². The quantitative estimate of drug-likeness (QED) is 0.373. The lowest BCUT2D eigenvalue weighted by molar-refractivity contribution is -0.137. The van der Waals surface area contributed by atoms with Crippen LogP contribution in [0.15, 0.2) is 53.6 Å². The number of hydrogen-bond donors (Lipinski definition) is 1. The van der Waals surface area contributed by atoms with Gasteiger partial charge in [-0.3, -0.25) is 0 Å². The van der Waals surface area contributed by atoms with Crippen LogP contribution in [0.5, 0.6) is 0 Å². The highest BCUT2D eigenvalue weighted by molar-refractivity contribution is 7.71. The van der Waals surface area contributed by atoms with Crippen molar-refractivity contribution in [3.05, 3.63) is 76.1 Å². The second-order valence-corrected chi connectivity index (χ2v) is 6.18. The fourth-order valence-corrected chi connectivity index (χ4v) is 2.75.